The molecule has 0 saturated heterocycles. The Morgan fingerprint density at radius 1 is 1.00 bits per heavy atom. The van der Waals surface area contributed by atoms with Crippen LogP contribution in [-0.4, -0.2) is 9.49 Å². The molecule has 2 aliphatic rings. The number of nitro benzene ring substituents is 1. The summed E-state index contributed by atoms with van der Waals surface area (Å²) >= 11 is 14.0. The minimum Gasteiger partial charge on any atom is -0.457 e. The van der Waals surface area contributed by atoms with E-state index in [1.54, 1.807) is 28.8 Å². The van der Waals surface area contributed by atoms with Crippen LogP contribution in [-0.2, 0) is 6.42 Å². The van der Waals surface area contributed by atoms with Gasteiger partial charge in [0.25, 0.3) is 11.2 Å². The highest BCUT2D eigenvalue weighted by atomic mass is 35.5. The lowest BCUT2D eigenvalue weighted by Crippen LogP contribution is -2.38. The van der Waals surface area contributed by atoms with Gasteiger partial charge in [-0.1, -0.05) is 77.0 Å². The summed E-state index contributed by atoms with van der Waals surface area (Å²) < 4.78 is 8.17. The molecule has 0 spiro atoms. The van der Waals surface area contributed by atoms with E-state index in [4.69, 9.17) is 32.6 Å². The van der Waals surface area contributed by atoms with Crippen molar-refractivity contribution in [1.29, 1.82) is 0 Å². The number of nitro groups is 1. The first-order valence-electron chi connectivity index (χ1n) is 12.8. The Balaban J connectivity index is 1.38. The number of nitrogens with zero attached hydrogens (tertiary/aromatic N) is 3. The van der Waals surface area contributed by atoms with E-state index < -0.39 is 4.92 Å². The third-order valence-electron chi connectivity index (χ3n) is 7.40. The van der Waals surface area contributed by atoms with Crippen LogP contribution in [0, 0.1) is 10.1 Å². The van der Waals surface area contributed by atoms with E-state index in [1.165, 1.54) is 29.0 Å². The molecular weight excluding hydrogens is 581 g/mol. The lowest BCUT2D eigenvalue weighted by atomic mass is 9.83. The molecule has 3 heterocycles. The molecule has 10 heteroatoms. The number of hydrogen-bond acceptors (Lipinski definition) is 6. The number of halogens is 2. The monoisotopic (exact) mass is 599 g/mol. The van der Waals surface area contributed by atoms with Crippen LogP contribution >= 0.6 is 34.5 Å². The van der Waals surface area contributed by atoms with Gasteiger partial charge >= 0.3 is 0 Å². The van der Waals surface area contributed by atoms with Crippen LogP contribution in [0.15, 0.2) is 98.6 Å². The Morgan fingerprint density at radius 2 is 1.80 bits per heavy atom. The van der Waals surface area contributed by atoms with E-state index in [2.05, 4.69) is 12.1 Å². The molecule has 0 radical (unpaired) electrons. The van der Waals surface area contributed by atoms with Crippen molar-refractivity contribution in [2.45, 2.75) is 18.9 Å². The average Bonchev–Trinajstić information content (AvgIpc) is 3.56. The normalized spacial score (nSPS) is 16.1. The van der Waals surface area contributed by atoms with Crippen LogP contribution in [0.3, 0.4) is 0 Å². The zero-order valence-corrected chi connectivity index (χ0v) is 23.5. The number of fused-ring (bicyclic) bond motifs is 3. The van der Waals surface area contributed by atoms with Gasteiger partial charge in [-0.15, -0.1) is 0 Å². The molecule has 3 aromatic carbocycles. The molecule has 0 bridgehead atoms. The number of aryl methyl sites for hydroxylation is 1. The Morgan fingerprint density at radius 3 is 2.63 bits per heavy atom. The minimum absolute atomic E-state index is 0.0463. The molecule has 1 aliphatic carbocycles. The van der Waals surface area contributed by atoms with E-state index in [0.29, 0.717) is 31.4 Å². The van der Waals surface area contributed by atoms with E-state index in [0.717, 1.165) is 35.2 Å². The van der Waals surface area contributed by atoms with Gasteiger partial charge in [0.1, 0.15) is 16.5 Å². The van der Waals surface area contributed by atoms with Crippen molar-refractivity contribution >= 4 is 52.0 Å². The van der Waals surface area contributed by atoms with Crippen LogP contribution in [0.1, 0.15) is 34.9 Å². The van der Waals surface area contributed by atoms with E-state index >= 15 is 0 Å². The van der Waals surface area contributed by atoms with Crippen molar-refractivity contribution in [2.75, 3.05) is 0 Å². The van der Waals surface area contributed by atoms with Gasteiger partial charge in [0.2, 0.25) is 0 Å². The molecule has 7 nitrogen and oxygen atoms in total. The molecule has 0 N–H and O–H groups in total. The molecule has 7 rings (SSSR count). The fourth-order valence-electron chi connectivity index (χ4n) is 5.52. The lowest BCUT2D eigenvalue weighted by Gasteiger charge is -2.31. The maximum atomic E-state index is 14.0. The van der Waals surface area contributed by atoms with Crippen LogP contribution in [0.25, 0.3) is 23.1 Å². The SMILES string of the molecule is O=c1/c(=C/c2ccc(-c3ccc(Cl)c([N+](=O)[O-])c3)o2)sc2n1[C@H](c1ccccc1Cl)C1=C(N=2)c2ccccc2CC1. The molecule has 202 valence electrons. The standard InChI is InChI=1S/C31H19Cl2N3O4S/c32-23-8-4-3-7-21(23)29-22-12-9-17-5-1-2-6-20(17)28(22)34-31-35(29)30(37)27(41-31)16-19-11-14-26(40-19)18-10-13-24(33)25(15-18)36(38)39/h1-8,10-11,13-16,29H,9,12H2/b27-16-/t29-/m1/s1. The Kier molecular flexibility index (Phi) is 6.27. The number of aromatic nitrogens is 1. The molecule has 1 aliphatic heterocycles. The first-order valence-corrected chi connectivity index (χ1v) is 14.4. The Bertz CT molecular complexity index is 2110. The minimum atomic E-state index is -0.538. The first-order chi connectivity index (χ1) is 19.9. The van der Waals surface area contributed by atoms with Gasteiger partial charge in [-0.2, -0.15) is 0 Å². The smallest absolute Gasteiger partial charge is 0.288 e. The summed E-state index contributed by atoms with van der Waals surface area (Å²) in [5.74, 6) is 0.857. The molecule has 0 unspecified atom stereocenters. The lowest BCUT2D eigenvalue weighted by molar-refractivity contribution is -0.384. The molecule has 2 aromatic heterocycles. The number of rotatable bonds is 4. The average molecular weight is 600 g/mol. The van der Waals surface area contributed by atoms with Crippen LogP contribution in [0.5, 0.6) is 0 Å². The van der Waals surface area contributed by atoms with Crippen molar-refractivity contribution in [1.82, 2.24) is 4.57 Å². The van der Waals surface area contributed by atoms with Gasteiger partial charge in [0.05, 0.1) is 21.2 Å². The Hall–Kier alpha value is -4.24. The molecule has 0 amide bonds. The van der Waals surface area contributed by atoms with E-state index in [9.17, 15) is 14.9 Å². The number of benzene rings is 3. The van der Waals surface area contributed by atoms with Gasteiger partial charge < -0.3 is 4.42 Å². The van der Waals surface area contributed by atoms with Gasteiger partial charge in [-0.05, 0) is 59.9 Å². The van der Waals surface area contributed by atoms with Gasteiger partial charge in [0, 0.05) is 28.3 Å². The van der Waals surface area contributed by atoms with Crippen molar-refractivity contribution in [3.8, 4) is 11.3 Å². The number of allylic oxidation sites excluding steroid dienone is 1. The first kappa shape index (κ1) is 25.7. The van der Waals surface area contributed by atoms with E-state index in [1.807, 2.05) is 36.4 Å². The van der Waals surface area contributed by atoms with Crippen molar-refractivity contribution < 1.29 is 9.34 Å². The second-order valence-electron chi connectivity index (χ2n) is 9.76. The number of furan rings is 1. The highest BCUT2D eigenvalue weighted by molar-refractivity contribution is 7.07. The highest BCUT2D eigenvalue weighted by Gasteiger charge is 2.33. The molecular formula is C31H19Cl2N3O4S. The Labute approximate surface area is 247 Å². The van der Waals surface area contributed by atoms with Gasteiger partial charge in [-0.25, -0.2) is 4.99 Å². The fraction of sp³-hybridized carbons (Fsp3) is 0.0968. The van der Waals surface area contributed by atoms with Crippen molar-refractivity contribution in [3.63, 3.8) is 0 Å². The quantitative estimate of drug-likeness (QED) is 0.168. The van der Waals surface area contributed by atoms with E-state index in [-0.39, 0.29) is 22.3 Å². The molecule has 0 fully saturated rings. The predicted octanol–water partition coefficient (Wildman–Crippen LogP) is 6.79. The summed E-state index contributed by atoms with van der Waals surface area (Å²) in [6, 6.07) is 23.4. The summed E-state index contributed by atoms with van der Waals surface area (Å²) in [7, 11) is 0. The largest absolute Gasteiger partial charge is 0.457 e. The van der Waals surface area contributed by atoms with Crippen LogP contribution in [0.4, 0.5) is 5.69 Å². The number of thiazole rings is 1. The predicted molar refractivity (Wildman–Crippen MR) is 160 cm³/mol. The third kappa shape index (κ3) is 4.35. The summed E-state index contributed by atoms with van der Waals surface area (Å²) in [5, 5.41) is 12.0. The molecule has 41 heavy (non-hydrogen) atoms. The van der Waals surface area contributed by atoms with Crippen LogP contribution in [0.2, 0.25) is 10.0 Å². The summed E-state index contributed by atoms with van der Waals surface area (Å²) in [6.07, 6.45) is 3.30. The fourth-order valence-corrected chi connectivity index (χ4v) is 6.92. The van der Waals surface area contributed by atoms with Gasteiger partial charge in [0.15, 0.2) is 4.80 Å². The summed E-state index contributed by atoms with van der Waals surface area (Å²) in [5.41, 5.74) is 5.24. The molecule has 5 aromatic rings. The zero-order chi connectivity index (χ0) is 28.2. The van der Waals surface area contributed by atoms with Gasteiger partial charge in [-0.3, -0.25) is 19.5 Å². The van der Waals surface area contributed by atoms with Crippen molar-refractivity contribution in [2.24, 2.45) is 4.99 Å². The second kappa shape index (κ2) is 9.99. The maximum absolute atomic E-state index is 14.0. The zero-order valence-electron chi connectivity index (χ0n) is 21.2. The third-order valence-corrected chi connectivity index (χ3v) is 9.05. The molecule has 0 saturated carbocycles. The van der Waals surface area contributed by atoms with Crippen LogP contribution < -0.4 is 14.9 Å². The maximum Gasteiger partial charge on any atom is 0.288 e. The highest BCUT2D eigenvalue weighted by Crippen LogP contribution is 2.42. The summed E-state index contributed by atoms with van der Waals surface area (Å²) in [4.78, 5) is 30.3. The topological polar surface area (TPSA) is 90.6 Å². The second-order valence-corrected chi connectivity index (χ2v) is 11.6. The summed E-state index contributed by atoms with van der Waals surface area (Å²) in [6.45, 7) is 0. The molecule has 1 atom stereocenters. The number of hydrogen-bond donors (Lipinski definition) is 0. The van der Waals surface area contributed by atoms with Crippen molar-refractivity contribution in [3.05, 3.63) is 147 Å².